The molecule has 33 heavy (non-hydrogen) atoms. The molecule has 8 nitrogen and oxygen atoms in total. The highest BCUT2D eigenvalue weighted by molar-refractivity contribution is 5.92. The summed E-state index contributed by atoms with van der Waals surface area (Å²) in [6.45, 7) is 5.92. The van der Waals surface area contributed by atoms with Gasteiger partial charge < -0.3 is 26.0 Å². The quantitative estimate of drug-likeness (QED) is 0.567. The number of amides is 3. The van der Waals surface area contributed by atoms with E-state index in [4.69, 9.17) is 10.5 Å². The lowest BCUT2D eigenvalue weighted by molar-refractivity contribution is -0.140. The van der Waals surface area contributed by atoms with Gasteiger partial charge in [-0.1, -0.05) is 36.4 Å². The van der Waals surface area contributed by atoms with Crippen molar-refractivity contribution in [2.75, 3.05) is 18.5 Å². The van der Waals surface area contributed by atoms with Crippen molar-refractivity contribution < 1.29 is 19.1 Å². The number of benzene rings is 2. The van der Waals surface area contributed by atoms with Crippen LogP contribution in [-0.4, -0.2) is 47.4 Å². The molecule has 8 heteroatoms. The molecule has 0 saturated heterocycles. The normalized spacial score (nSPS) is 14.2. The molecule has 1 aliphatic heterocycles. The number of nitrogens with one attached hydrogen (secondary N) is 2. The van der Waals surface area contributed by atoms with Crippen molar-refractivity contribution in [3.63, 3.8) is 0 Å². The minimum absolute atomic E-state index is 0.0326. The van der Waals surface area contributed by atoms with Crippen molar-refractivity contribution in [2.45, 2.75) is 51.9 Å². The first-order chi connectivity index (χ1) is 15.6. The second-order valence-corrected chi connectivity index (χ2v) is 8.92. The first kappa shape index (κ1) is 24.4. The van der Waals surface area contributed by atoms with Gasteiger partial charge in [0.25, 0.3) is 0 Å². The second-order valence-electron chi connectivity index (χ2n) is 8.92. The Morgan fingerprint density at radius 3 is 2.52 bits per heavy atom. The number of rotatable bonds is 8. The molecule has 0 aromatic heterocycles. The van der Waals surface area contributed by atoms with Gasteiger partial charge in [-0.3, -0.25) is 14.4 Å². The second kappa shape index (κ2) is 10.6. The van der Waals surface area contributed by atoms with Gasteiger partial charge in [0, 0.05) is 25.7 Å². The highest BCUT2D eigenvalue weighted by atomic mass is 16.5. The van der Waals surface area contributed by atoms with Crippen molar-refractivity contribution in [2.24, 2.45) is 5.73 Å². The van der Waals surface area contributed by atoms with Gasteiger partial charge in [0.1, 0.15) is 6.04 Å². The van der Waals surface area contributed by atoms with E-state index in [0.717, 1.165) is 16.7 Å². The van der Waals surface area contributed by atoms with Crippen molar-refractivity contribution in [3.8, 4) is 0 Å². The number of hydrogen-bond acceptors (Lipinski definition) is 5. The third kappa shape index (κ3) is 6.87. The number of nitrogens with two attached hydrogens (primary N) is 1. The summed E-state index contributed by atoms with van der Waals surface area (Å²) in [5, 5.41) is 5.54. The average Bonchev–Trinajstić information content (AvgIpc) is 2.77. The monoisotopic (exact) mass is 452 g/mol. The third-order valence-corrected chi connectivity index (χ3v) is 5.44. The Hall–Kier alpha value is -3.23. The summed E-state index contributed by atoms with van der Waals surface area (Å²) >= 11 is 0. The zero-order valence-corrected chi connectivity index (χ0v) is 19.4. The minimum Gasteiger partial charge on any atom is -0.374 e. The van der Waals surface area contributed by atoms with Crippen LogP contribution in [0, 0.1) is 0 Å². The number of carbonyl (C=O) groups excluding carboxylic acids is 3. The Morgan fingerprint density at radius 2 is 1.85 bits per heavy atom. The Kier molecular flexibility index (Phi) is 7.84. The van der Waals surface area contributed by atoms with Crippen LogP contribution in [0.25, 0.3) is 0 Å². The van der Waals surface area contributed by atoms with Crippen molar-refractivity contribution in [1.29, 1.82) is 0 Å². The number of ether oxygens (including phenoxy) is 1. The Bertz CT molecular complexity index is 1000. The summed E-state index contributed by atoms with van der Waals surface area (Å²) < 4.78 is 5.79. The molecule has 3 amide bonds. The molecule has 0 aliphatic carbocycles. The van der Waals surface area contributed by atoms with Gasteiger partial charge in [0.15, 0.2) is 0 Å². The first-order valence-electron chi connectivity index (χ1n) is 11.0. The molecule has 1 aliphatic rings. The van der Waals surface area contributed by atoms with E-state index in [1.54, 1.807) is 18.7 Å². The fraction of sp³-hybridized carbons (Fsp3) is 0.400. The molecule has 0 bridgehead atoms. The molecule has 4 N–H and O–H groups in total. The van der Waals surface area contributed by atoms with Crippen LogP contribution >= 0.6 is 0 Å². The summed E-state index contributed by atoms with van der Waals surface area (Å²) in [6.07, 6.45) is 0.690. The van der Waals surface area contributed by atoms with Gasteiger partial charge in [-0.25, -0.2) is 0 Å². The maximum absolute atomic E-state index is 13.4. The molecule has 2 aromatic carbocycles. The van der Waals surface area contributed by atoms with Gasteiger partial charge in [0.05, 0.1) is 18.8 Å². The molecule has 2 aromatic rings. The summed E-state index contributed by atoms with van der Waals surface area (Å²) in [7, 11) is 0. The minimum atomic E-state index is -1.13. The SMILES string of the molecule is CC(=O)Nc1ccc2c(c1)CN(C(=O)C(COCc1ccccc1)NC(=O)C(C)(C)N)CC2. The van der Waals surface area contributed by atoms with Crippen LogP contribution in [0.1, 0.15) is 37.5 Å². The standard InChI is InChI=1S/C25H32N4O4/c1-17(30)27-21-10-9-19-11-12-29(14-20(19)13-21)23(31)22(28-24(32)25(2,3)26)16-33-15-18-7-5-4-6-8-18/h4-10,13,22H,11-12,14-16,26H2,1-3H3,(H,27,30)(H,28,32). The summed E-state index contributed by atoms with van der Waals surface area (Å²) in [6, 6.07) is 14.5. The topological polar surface area (TPSA) is 114 Å². The van der Waals surface area contributed by atoms with E-state index in [0.29, 0.717) is 31.8 Å². The van der Waals surface area contributed by atoms with Crippen LogP contribution in [0.2, 0.25) is 0 Å². The molecule has 0 saturated carbocycles. The van der Waals surface area contributed by atoms with Crippen molar-refractivity contribution in [1.82, 2.24) is 10.2 Å². The number of anilines is 1. The van der Waals surface area contributed by atoms with Gasteiger partial charge in [-0.2, -0.15) is 0 Å². The largest absolute Gasteiger partial charge is 0.374 e. The lowest BCUT2D eigenvalue weighted by Gasteiger charge is -2.33. The van der Waals surface area contributed by atoms with E-state index in [1.165, 1.54) is 6.92 Å². The van der Waals surface area contributed by atoms with Crippen molar-refractivity contribution in [3.05, 3.63) is 65.2 Å². The summed E-state index contributed by atoms with van der Waals surface area (Å²) in [5.74, 6) is -0.799. The van der Waals surface area contributed by atoms with Gasteiger partial charge >= 0.3 is 0 Å². The van der Waals surface area contributed by atoms with E-state index in [9.17, 15) is 14.4 Å². The fourth-order valence-electron chi connectivity index (χ4n) is 3.63. The molecule has 0 spiro atoms. The van der Waals surface area contributed by atoms with E-state index in [2.05, 4.69) is 10.6 Å². The first-order valence-corrected chi connectivity index (χ1v) is 11.0. The van der Waals surface area contributed by atoms with Crippen LogP contribution < -0.4 is 16.4 Å². The number of nitrogens with zero attached hydrogens (tertiary/aromatic N) is 1. The highest BCUT2D eigenvalue weighted by Crippen LogP contribution is 2.23. The van der Waals surface area contributed by atoms with E-state index in [-0.39, 0.29) is 18.4 Å². The maximum atomic E-state index is 13.4. The van der Waals surface area contributed by atoms with Crippen LogP contribution in [0.3, 0.4) is 0 Å². The zero-order valence-electron chi connectivity index (χ0n) is 19.4. The molecule has 1 unspecified atom stereocenters. The molecular weight excluding hydrogens is 420 g/mol. The molecule has 3 rings (SSSR count). The summed E-state index contributed by atoms with van der Waals surface area (Å²) in [5.41, 5.74) is 8.58. The number of carbonyl (C=O) groups is 3. The van der Waals surface area contributed by atoms with Crippen LogP contribution in [0.15, 0.2) is 48.5 Å². The van der Waals surface area contributed by atoms with Gasteiger partial charge in [0.2, 0.25) is 17.7 Å². The summed E-state index contributed by atoms with van der Waals surface area (Å²) in [4.78, 5) is 39.0. The number of hydrogen-bond donors (Lipinski definition) is 3. The van der Waals surface area contributed by atoms with Crippen LogP contribution in [-0.2, 0) is 38.7 Å². The Labute approximate surface area is 194 Å². The highest BCUT2D eigenvalue weighted by Gasteiger charge is 2.32. The fourth-order valence-corrected chi connectivity index (χ4v) is 3.63. The molecule has 176 valence electrons. The van der Waals surface area contributed by atoms with E-state index >= 15 is 0 Å². The third-order valence-electron chi connectivity index (χ3n) is 5.44. The van der Waals surface area contributed by atoms with E-state index < -0.39 is 17.5 Å². The van der Waals surface area contributed by atoms with Crippen LogP contribution in [0.5, 0.6) is 0 Å². The lowest BCUT2D eigenvalue weighted by Crippen LogP contribution is -2.58. The van der Waals surface area contributed by atoms with E-state index in [1.807, 2.05) is 48.5 Å². The maximum Gasteiger partial charge on any atom is 0.247 e. The van der Waals surface area contributed by atoms with Gasteiger partial charge in [-0.15, -0.1) is 0 Å². The Morgan fingerprint density at radius 1 is 1.12 bits per heavy atom. The lowest BCUT2D eigenvalue weighted by atomic mass is 9.98. The van der Waals surface area contributed by atoms with Crippen molar-refractivity contribution >= 4 is 23.4 Å². The predicted octanol–water partition coefficient (Wildman–Crippen LogP) is 1.97. The molecule has 0 radical (unpaired) electrons. The predicted molar refractivity (Wildman–Crippen MR) is 126 cm³/mol. The smallest absolute Gasteiger partial charge is 0.247 e. The molecular formula is C25H32N4O4. The zero-order chi connectivity index (χ0) is 24.0. The van der Waals surface area contributed by atoms with Gasteiger partial charge in [-0.05, 0) is 49.1 Å². The Balaban J connectivity index is 1.71. The molecule has 1 atom stereocenters. The number of fused-ring (bicyclic) bond motifs is 1. The molecule has 1 heterocycles. The average molecular weight is 453 g/mol. The molecule has 0 fully saturated rings. The van der Waals surface area contributed by atoms with Crippen LogP contribution in [0.4, 0.5) is 5.69 Å².